The van der Waals surface area contributed by atoms with E-state index in [0.29, 0.717) is 18.0 Å². The predicted molar refractivity (Wildman–Crippen MR) is 69.7 cm³/mol. The summed E-state index contributed by atoms with van der Waals surface area (Å²) in [6.07, 6.45) is 0. The molecule has 1 aliphatic heterocycles. The number of hydrogen-bond acceptors (Lipinski definition) is 3. The maximum absolute atomic E-state index is 4.60. The molecule has 1 saturated heterocycles. The van der Waals surface area contributed by atoms with Gasteiger partial charge >= 0.3 is 0 Å². The summed E-state index contributed by atoms with van der Waals surface area (Å²) in [6, 6.07) is 1.11. The van der Waals surface area contributed by atoms with Crippen LogP contribution in [-0.2, 0) is 0 Å². The number of hydrogen-bond donors (Lipinski definition) is 1. The highest BCUT2D eigenvalue weighted by atomic mass is 32.2. The Labute approximate surface area is 97.7 Å². The van der Waals surface area contributed by atoms with Crippen LogP contribution in [0.4, 0.5) is 0 Å². The van der Waals surface area contributed by atoms with Gasteiger partial charge in [-0.3, -0.25) is 4.99 Å². The lowest BCUT2D eigenvalue weighted by atomic mass is 10.1. The molecule has 15 heavy (non-hydrogen) atoms. The van der Waals surface area contributed by atoms with Crippen molar-refractivity contribution in [1.82, 2.24) is 10.2 Å². The Kier molecular flexibility index (Phi) is 4.93. The predicted octanol–water partition coefficient (Wildman–Crippen LogP) is 1.65. The van der Waals surface area contributed by atoms with Gasteiger partial charge in [0.2, 0.25) is 0 Å². The molecule has 0 amide bonds. The fourth-order valence-corrected chi connectivity index (χ4v) is 2.45. The van der Waals surface area contributed by atoms with Crippen molar-refractivity contribution in [2.24, 2.45) is 10.9 Å². The van der Waals surface area contributed by atoms with E-state index in [2.05, 4.69) is 50.1 Å². The first-order valence-electron chi connectivity index (χ1n) is 5.61. The summed E-state index contributed by atoms with van der Waals surface area (Å²) < 4.78 is 0. The van der Waals surface area contributed by atoms with E-state index in [1.54, 1.807) is 0 Å². The summed E-state index contributed by atoms with van der Waals surface area (Å²) in [7, 11) is 4.19. The zero-order chi connectivity index (χ0) is 11.4. The molecule has 1 rings (SSSR count). The Morgan fingerprint density at radius 1 is 1.47 bits per heavy atom. The topological polar surface area (TPSA) is 27.6 Å². The van der Waals surface area contributed by atoms with E-state index in [0.717, 1.165) is 17.5 Å². The molecule has 0 saturated carbocycles. The molecule has 0 spiro atoms. The van der Waals surface area contributed by atoms with Gasteiger partial charge in [0, 0.05) is 17.8 Å². The fraction of sp³-hybridized carbons (Fsp3) is 0.909. The number of amidine groups is 1. The molecule has 1 heterocycles. The minimum atomic E-state index is 0.512. The maximum Gasteiger partial charge on any atom is 0.156 e. The summed E-state index contributed by atoms with van der Waals surface area (Å²) in [4.78, 5) is 6.80. The van der Waals surface area contributed by atoms with Crippen LogP contribution >= 0.6 is 11.8 Å². The first-order chi connectivity index (χ1) is 7.00. The van der Waals surface area contributed by atoms with Gasteiger partial charge in [0.25, 0.3) is 0 Å². The van der Waals surface area contributed by atoms with Crippen LogP contribution in [0.15, 0.2) is 4.99 Å². The van der Waals surface area contributed by atoms with Crippen molar-refractivity contribution in [3.63, 3.8) is 0 Å². The van der Waals surface area contributed by atoms with Crippen molar-refractivity contribution >= 4 is 16.9 Å². The number of nitrogens with zero attached hydrogens (tertiary/aromatic N) is 2. The molecule has 0 radical (unpaired) electrons. The van der Waals surface area contributed by atoms with Gasteiger partial charge in [0.05, 0.1) is 6.54 Å². The number of rotatable bonds is 4. The summed E-state index contributed by atoms with van der Waals surface area (Å²) in [5.74, 6) is 1.85. The summed E-state index contributed by atoms with van der Waals surface area (Å²) in [5, 5.41) is 4.61. The lowest BCUT2D eigenvalue weighted by Gasteiger charge is -2.17. The first kappa shape index (κ1) is 12.8. The molecule has 1 N–H and O–H groups in total. The van der Waals surface area contributed by atoms with Crippen LogP contribution in [0.5, 0.6) is 0 Å². The van der Waals surface area contributed by atoms with E-state index in [9.17, 15) is 0 Å². The smallest absolute Gasteiger partial charge is 0.156 e. The highest BCUT2D eigenvalue weighted by molar-refractivity contribution is 8.14. The van der Waals surface area contributed by atoms with Crippen LogP contribution in [0, 0.1) is 5.92 Å². The second-order valence-electron chi connectivity index (χ2n) is 4.76. The molecule has 3 nitrogen and oxygen atoms in total. The Morgan fingerprint density at radius 2 is 2.13 bits per heavy atom. The molecule has 4 heteroatoms. The minimum Gasteiger partial charge on any atom is -0.361 e. The number of nitrogens with one attached hydrogen (secondary N) is 1. The van der Waals surface area contributed by atoms with Crippen molar-refractivity contribution in [3.8, 4) is 0 Å². The highest BCUT2D eigenvalue weighted by Crippen LogP contribution is 2.18. The molecule has 1 aliphatic rings. The van der Waals surface area contributed by atoms with Gasteiger partial charge in [-0.15, -0.1) is 0 Å². The lowest BCUT2D eigenvalue weighted by molar-refractivity contribution is 0.321. The fourth-order valence-electron chi connectivity index (χ4n) is 1.24. The maximum atomic E-state index is 4.60. The van der Waals surface area contributed by atoms with Gasteiger partial charge in [-0.2, -0.15) is 0 Å². The molecule has 2 atom stereocenters. The molecule has 0 bridgehead atoms. The Bertz CT molecular complexity index is 226. The van der Waals surface area contributed by atoms with Crippen LogP contribution in [-0.4, -0.2) is 48.5 Å². The molecule has 0 aromatic rings. The third-order valence-electron chi connectivity index (χ3n) is 2.89. The Morgan fingerprint density at radius 3 is 2.60 bits per heavy atom. The van der Waals surface area contributed by atoms with Gasteiger partial charge in [-0.05, 0) is 26.9 Å². The second kappa shape index (κ2) is 5.75. The second-order valence-corrected chi connectivity index (χ2v) is 5.77. The monoisotopic (exact) mass is 229 g/mol. The number of thioether (sulfide) groups is 1. The molecule has 1 fully saturated rings. The van der Waals surface area contributed by atoms with Crippen LogP contribution in [0.1, 0.15) is 20.8 Å². The average molecular weight is 229 g/mol. The van der Waals surface area contributed by atoms with Crippen LogP contribution in [0.2, 0.25) is 0 Å². The van der Waals surface area contributed by atoms with E-state index in [-0.39, 0.29) is 0 Å². The quantitative estimate of drug-likeness (QED) is 0.794. The number of likely N-dealkylation sites (N-methyl/N-ethyl adjacent to an activating group) is 1. The normalized spacial score (nSPS) is 26.3. The van der Waals surface area contributed by atoms with Crippen molar-refractivity contribution in [2.75, 3.05) is 26.4 Å². The van der Waals surface area contributed by atoms with Crippen molar-refractivity contribution in [1.29, 1.82) is 0 Å². The van der Waals surface area contributed by atoms with Gasteiger partial charge in [0.1, 0.15) is 0 Å². The van der Waals surface area contributed by atoms with Gasteiger partial charge in [0.15, 0.2) is 5.17 Å². The summed E-state index contributed by atoms with van der Waals surface area (Å²) in [6.45, 7) is 7.59. The number of aliphatic imine (C=N–C) groups is 1. The van der Waals surface area contributed by atoms with E-state index in [1.165, 1.54) is 0 Å². The van der Waals surface area contributed by atoms with Crippen LogP contribution < -0.4 is 5.32 Å². The first-order valence-corrected chi connectivity index (χ1v) is 6.59. The average Bonchev–Trinajstić information content (AvgIpc) is 2.62. The van der Waals surface area contributed by atoms with Crippen LogP contribution in [0.3, 0.4) is 0 Å². The van der Waals surface area contributed by atoms with Gasteiger partial charge in [-0.25, -0.2) is 0 Å². The van der Waals surface area contributed by atoms with Gasteiger partial charge in [-0.1, -0.05) is 25.6 Å². The van der Waals surface area contributed by atoms with Crippen molar-refractivity contribution < 1.29 is 0 Å². The lowest BCUT2D eigenvalue weighted by Crippen LogP contribution is -2.33. The van der Waals surface area contributed by atoms with E-state index in [1.807, 2.05) is 11.8 Å². The Balaban J connectivity index is 2.37. The molecular weight excluding hydrogens is 206 g/mol. The van der Waals surface area contributed by atoms with Crippen molar-refractivity contribution in [3.05, 3.63) is 0 Å². The zero-order valence-corrected chi connectivity index (χ0v) is 11.3. The SMILES string of the molecule is CC(C)[C@H]1CSC(=NCC(C)N(C)C)N1. The van der Waals surface area contributed by atoms with E-state index < -0.39 is 0 Å². The molecule has 0 aliphatic carbocycles. The third-order valence-corrected chi connectivity index (χ3v) is 3.94. The molecule has 1 unspecified atom stereocenters. The molecule has 88 valence electrons. The third kappa shape index (κ3) is 4.03. The molecule has 0 aromatic heterocycles. The molecular formula is C11H23N3S. The standard InChI is InChI=1S/C11H23N3S/c1-8(2)10-7-15-11(13-10)12-6-9(3)14(4)5/h8-10H,6-7H2,1-5H3,(H,12,13)/t9?,10-/m1/s1. The highest BCUT2D eigenvalue weighted by Gasteiger charge is 2.22. The van der Waals surface area contributed by atoms with Crippen LogP contribution in [0.25, 0.3) is 0 Å². The minimum absolute atomic E-state index is 0.512. The Hall–Kier alpha value is -0.220. The largest absolute Gasteiger partial charge is 0.361 e. The van der Waals surface area contributed by atoms with Gasteiger partial charge < -0.3 is 10.2 Å². The summed E-state index contributed by atoms with van der Waals surface area (Å²) in [5.41, 5.74) is 0. The van der Waals surface area contributed by atoms with E-state index in [4.69, 9.17) is 0 Å². The zero-order valence-electron chi connectivity index (χ0n) is 10.4. The summed E-state index contributed by atoms with van der Waals surface area (Å²) >= 11 is 1.85. The van der Waals surface area contributed by atoms with E-state index >= 15 is 0 Å². The van der Waals surface area contributed by atoms with Crippen molar-refractivity contribution in [2.45, 2.75) is 32.9 Å². The molecule has 0 aromatic carbocycles.